The maximum Gasteiger partial charge on any atom is 0.228 e. The number of piperidine rings is 1. The first-order valence-corrected chi connectivity index (χ1v) is 16.5. The van der Waals surface area contributed by atoms with Crippen molar-refractivity contribution in [1.82, 2.24) is 9.80 Å². The third-order valence-electron chi connectivity index (χ3n) is 10.1. The van der Waals surface area contributed by atoms with E-state index in [9.17, 15) is 22.0 Å². The predicted octanol–water partition coefficient (Wildman–Crippen LogP) is 5.54. The number of hydrogen-bond donors (Lipinski definition) is 0. The van der Waals surface area contributed by atoms with E-state index in [0.29, 0.717) is 24.6 Å². The lowest BCUT2D eigenvalue weighted by Gasteiger charge is -2.51. The molecule has 0 radical (unpaired) electrons. The summed E-state index contributed by atoms with van der Waals surface area (Å²) in [6, 6.07) is 3.78. The lowest BCUT2D eigenvalue weighted by molar-refractivity contribution is -0.143. The number of nitrogens with zero attached hydrogens (tertiary/aromatic N) is 2. The summed E-state index contributed by atoms with van der Waals surface area (Å²) in [5.41, 5.74) is -0.0304. The zero-order valence-electron chi connectivity index (χ0n) is 23.4. The second-order valence-electron chi connectivity index (χ2n) is 13.8. The van der Waals surface area contributed by atoms with Gasteiger partial charge in [-0.15, -0.1) is 0 Å². The molecule has 1 aromatic carbocycles. The van der Waals surface area contributed by atoms with Crippen molar-refractivity contribution in [3.63, 3.8) is 0 Å². The van der Waals surface area contributed by atoms with Crippen molar-refractivity contribution in [1.29, 1.82) is 0 Å². The van der Waals surface area contributed by atoms with Gasteiger partial charge < -0.3 is 4.90 Å². The van der Waals surface area contributed by atoms with Crippen molar-refractivity contribution >= 4 is 15.7 Å². The molecule has 4 aliphatic rings. The fourth-order valence-electron chi connectivity index (χ4n) is 8.46. The smallest absolute Gasteiger partial charge is 0.228 e. The topological polar surface area (TPSA) is 57.7 Å². The molecule has 1 amide bonds. The number of fused-ring (bicyclic) bond motifs is 2. The minimum absolute atomic E-state index is 0.0346. The second kappa shape index (κ2) is 10.1. The summed E-state index contributed by atoms with van der Waals surface area (Å²) in [6.07, 6.45) is 10.4. The molecule has 1 aliphatic carbocycles. The summed E-state index contributed by atoms with van der Waals surface area (Å²) < 4.78 is 54.0. The Labute approximate surface area is 227 Å². The molecule has 0 spiro atoms. The summed E-state index contributed by atoms with van der Waals surface area (Å²) in [5, 5.41) is 0. The summed E-state index contributed by atoms with van der Waals surface area (Å²) >= 11 is 0. The SMILES string of the molecule is CC(C)(C)N1C[C@H](C(=O)N2C3CCC2CC(CS(C)(=O)=O)(C2CCCCC2)C3)[C@H](c2ccc(F)cc2F)C1. The van der Waals surface area contributed by atoms with Gasteiger partial charge in [0.05, 0.1) is 11.7 Å². The highest BCUT2D eigenvalue weighted by Crippen LogP contribution is 2.54. The number of amides is 1. The van der Waals surface area contributed by atoms with E-state index in [-0.39, 0.29) is 40.6 Å². The second-order valence-corrected chi connectivity index (χ2v) is 15.9. The molecule has 5 nitrogen and oxygen atoms in total. The van der Waals surface area contributed by atoms with Gasteiger partial charge in [0.2, 0.25) is 5.91 Å². The van der Waals surface area contributed by atoms with Crippen LogP contribution in [0.5, 0.6) is 0 Å². The van der Waals surface area contributed by atoms with E-state index < -0.39 is 27.4 Å². The van der Waals surface area contributed by atoms with Crippen LogP contribution in [-0.4, -0.2) is 66.8 Å². The molecule has 1 saturated carbocycles. The van der Waals surface area contributed by atoms with Crippen LogP contribution in [0.2, 0.25) is 0 Å². The van der Waals surface area contributed by atoms with Gasteiger partial charge in [-0.25, -0.2) is 17.2 Å². The maximum atomic E-state index is 15.0. The van der Waals surface area contributed by atoms with Crippen LogP contribution < -0.4 is 0 Å². The zero-order valence-corrected chi connectivity index (χ0v) is 24.2. The van der Waals surface area contributed by atoms with E-state index in [2.05, 4.69) is 30.6 Å². The lowest BCUT2D eigenvalue weighted by atomic mass is 9.63. The molecule has 1 aromatic rings. The number of carbonyl (C=O) groups excluding carboxylic acids is 1. The van der Waals surface area contributed by atoms with E-state index in [1.54, 1.807) is 0 Å². The Bertz CT molecular complexity index is 1140. The number of hydrogen-bond acceptors (Lipinski definition) is 4. The molecular formula is C30H44F2N2O3S. The molecule has 4 atom stereocenters. The van der Waals surface area contributed by atoms with Crippen LogP contribution in [0.15, 0.2) is 18.2 Å². The van der Waals surface area contributed by atoms with Gasteiger partial charge in [-0.1, -0.05) is 25.3 Å². The first-order chi connectivity index (χ1) is 17.8. The van der Waals surface area contributed by atoms with Gasteiger partial charge in [0, 0.05) is 49.0 Å². The fraction of sp³-hybridized carbons (Fsp3) is 0.767. The Kier molecular flexibility index (Phi) is 7.47. The van der Waals surface area contributed by atoms with Crippen molar-refractivity contribution in [2.24, 2.45) is 17.3 Å². The molecule has 4 fully saturated rings. The molecule has 2 bridgehead atoms. The third kappa shape index (κ3) is 5.41. The van der Waals surface area contributed by atoms with Crippen molar-refractivity contribution in [3.05, 3.63) is 35.4 Å². The molecule has 0 aromatic heterocycles. The molecule has 38 heavy (non-hydrogen) atoms. The van der Waals surface area contributed by atoms with Gasteiger partial charge in [0.1, 0.15) is 21.5 Å². The molecule has 8 heteroatoms. The molecule has 5 rings (SSSR count). The molecule has 212 valence electrons. The van der Waals surface area contributed by atoms with Crippen molar-refractivity contribution in [2.45, 2.75) is 102 Å². The zero-order chi connectivity index (χ0) is 27.5. The first-order valence-electron chi connectivity index (χ1n) is 14.5. The molecule has 3 saturated heterocycles. The molecule has 0 N–H and O–H groups in total. The lowest BCUT2D eigenvalue weighted by Crippen LogP contribution is -2.56. The molecular weight excluding hydrogens is 506 g/mol. The average Bonchev–Trinajstić information content (AvgIpc) is 3.38. The monoisotopic (exact) mass is 550 g/mol. The summed E-state index contributed by atoms with van der Waals surface area (Å²) in [5.74, 6) is -1.28. The van der Waals surface area contributed by atoms with E-state index in [4.69, 9.17) is 0 Å². The standard InChI is InChI=1S/C30H44F2N2O3S/c1-29(2,3)33-17-25(24-13-10-21(31)14-27(24)32)26(18-33)28(35)34-22-11-12-23(34)16-30(15-22,19-38(4,36)37)20-8-6-5-7-9-20/h10,13-14,20,22-23,25-26H,5-9,11-12,15-19H2,1-4H3/t22?,23?,25-,26-,30?/m0/s1. The fourth-order valence-corrected chi connectivity index (χ4v) is 9.98. The quantitative estimate of drug-likeness (QED) is 0.483. The third-order valence-corrected chi connectivity index (χ3v) is 11.2. The van der Waals surface area contributed by atoms with E-state index in [0.717, 1.165) is 57.4 Å². The van der Waals surface area contributed by atoms with Crippen LogP contribution in [0.4, 0.5) is 8.78 Å². The van der Waals surface area contributed by atoms with Crippen LogP contribution in [0, 0.1) is 28.9 Å². The Balaban J connectivity index is 1.44. The van der Waals surface area contributed by atoms with Crippen LogP contribution in [-0.2, 0) is 14.6 Å². The number of sulfone groups is 1. The molecule has 3 aliphatic heterocycles. The largest absolute Gasteiger partial charge is 0.336 e. The van der Waals surface area contributed by atoms with Gasteiger partial charge >= 0.3 is 0 Å². The van der Waals surface area contributed by atoms with Gasteiger partial charge in [-0.3, -0.25) is 9.69 Å². The maximum absolute atomic E-state index is 15.0. The molecule has 3 heterocycles. The van der Waals surface area contributed by atoms with E-state index in [1.165, 1.54) is 24.8 Å². The number of likely N-dealkylation sites (tertiary alicyclic amines) is 1. The highest BCUT2D eigenvalue weighted by atomic mass is 32.2. The van der Waals surface area contributed by atoms with Crippen LogP contribution in [0.25, 0.3) is 0 Å². The number of benzene rings is 1. The van der Waals surface area contributed by atoms with Crippen molar-refractivity contribution in [2.75, 3.05) is 25.1 Å². The highest BCUT2D eigenvalue weighted by Gasteiger charge is 2.56. The minimum Gasteiger partial charge on any atom is -0.336 e. The number of rotatable bonds is 5. The Morgan fingerprint density at radius 1 is 1.00 bits per heavy atom. The van der Waals surface area contributed by atoms with Gasteiger partial charge in [-0.05, 0) is 82.3 Å². The van der Waals surface area contributed by atoms with E-state index in [1.807, 2.05) is 0 Å². The number of carbonyl (C=O) groups is 1. The molecule has 2 unspecified atom stereocenters. The Hall–Kier alpha value is -1.54. The van der Waals surface area contributed by atoms with Crippen LogP contribution in [0.1, 0.15) is 90.0 Å². The van der Waals surface area contributed by atoms with Crippen molar-refractivity contribution in [3.8, 4) is 0 Å². The number of halogens is 2. The summed E-state index contributed by atoms with van der Waals surface area (Å²) in [6.45, 7) is 7.40. The predicted molar refractivity (Wildman–Crippen MR) is 146 cm³/mol. The Morgan fingerprint density at radius 3 is 2.18 bits per heavy atom. The van der Waals surface area contributed by atoms with Gasteiger partial charge in [0.15, 0.2) is 0 Å². The summed E-state index contributed by atoms with van der Waals surface area (Å²) in [4.78, 5) is 18.7. The van der Waals surface area contributed by atoms with Crippen molar-refractivity contribution < 1.29 is 22.0 Å². The first kappa shape index (κ1) is 28.0. The van der Waals surface area contributed by atoms with Crippen LogP contribution in [0.3, 0.4) is 0 Å². The van der Waals surface area contributed by atoms with E-state index >= 15 is 0 Å². The van der Waals surface area contributed by atoms with Crippen LogP contribution >= 0.6 is 0 Å². The minimum atomic E-state index is -3.16. The van der Waals surface area contributed by atoms with Gasteiger partial charge in [-0.2, -0.15) is 0 Å². The summed E-state index contributed by atoms with van der Waals surface area (Å²) in [7, 11) is -3.16. The van der Waals surface area contributed by atoms with Gasteiger partial charge in [0.25, 0.3) is 0 Å². The Morgan fingerprint density at radius 2 is 1.63 bits per heavy atom. The normalized spacial score (nSPS) is 33.2. The highest BCUT2D eigenvalue weighted by molar-refractivity contribution is 7.90. The average molecular weight is 551 g/mol.